The number of aromatic nitrogens is 2. The third kappa shape index (κ3) is 7.60. The van der Waals surface area contributed by atoms with Gasteiger partial charge in [0, 0.05) is 48.6 Å². The number of aliphatic hydroxyl groups excluding tert-OH is 2. The second kappa shape index (κ2) is 11.8. The minimum atomic E-state index is 0.140. The third-order valence-electron chi connectivity index (χ3n) is 3.34. The van der Waals surface area contributed by atoms with Crippen molar-refractivity contribution < 1.29 is 10.2 Å². The summed E-state index contributed by atoms with van der Waals surface area (Å²) in [6, 6.07) is 0.320. The van der Waals surface area contributed by atoms with E-state index < -0.39 is 0 Å². The molecule has 0 unspecified atom stereocenters. The molecule has 0 bridgehead atoms. The van der Waals surface area contributed by atoms with Crippen LogP contribution in [0.5, 0.6) is 0 Å². The smallest absolute Gasteiger partial charge is 0.224 e. The maximum atomic E-state index is 9.18. The lowest BCUT2D eigenvalue weighted by atomic mass is 10.2. The van der Waals surface area contributed by atoms with Crippen molar-refractivity contribution in [2.75, 3.05) is 47.9 Å². The van der Waals surface area contributed by atoms with Crippen molar-refractivity contribution in [1.82, 2.24) is 9.97 Å². The molecule has 8 heteroatoms. The molecule has 0 spiro atoms. The zero-order valence-corrected chi connectivity index (χ0v) is 15.7. The minimum Gasteiger partial charge on any atom is -0.396 e. The Hall–Kier alpha value is -0.700. The number of thioether (sulfide) groups is 2. The lowest BCUT2D eigenvalue weighted by Crippen LogP contribution is -2.27. The predicted octanol–water partition coefficient (Wildman–Crippen LogP) is 1.84. The van der Waals surface area contributed by atoms with E-state index in [1.165, 1.54) is 0 Å². The molecule has 0 aliphatic carbocycles. The van der Waals surface area contributed by atoms with Crippen LogP contribution in [0.3, 0.4) is 0 Å². The monoisotopic (exact) mass is 360 g/mol. The predicted molar refractivity (Wildman–Crippen MR) is 102 cm³/mol. The molecule has 1 aromatic rings. The summed E-state index contributed by atoms with van der Waals surface area (Å²) < 4.78 is 0. The second-order valence-electron chi connectivity index (χ2n) is 5.34. The summed E-state index contributed by atoms with van der Waals surface area (Å²) in [5.74, 6) is 3.16. The lowest BCUT2D eigenvalue weighted by Gasteiger charge is -2.20. The van der Waals surface area contributed by atoms with Gasteiger partial charge in [-0.15, -0.1) is 0 Å². The second-order valence-corrected chi connectivity index (χ2v) is 7.16. The Morgan fingerprint density at radius 3 is 2.13 bits per heavy atom. The van der Waals surface area contributed by atoms with Crippen LogP contribution in [-0.2, 0) is 0 Å². The quantitative estimate of drug-likeness (QED) is 0.449. The number of aryl methyl sites for hydroxylation is 1. The molecule has 0 aromatic carbocycles. The summed E-state index contributed by atoms with van der Waals surface area (Å²) in [6.07, 6.45) is 7.24. The standard InChI is InChI=1S/C15H28N4O2S2/c1-11-8-16-15(18-13(5-7-21)10-23-3)19-14(11)17-12(4-6-20)9-22-2/h8,12-13,20-21H,4-7,9-10H2,1-3H3,(H2,16,17,18,19)/t12-,13-/m0/s1. The molecule has 1 rings (SSSR count). The van der Waals surface area contributed by atoms with Crippen LogP contribution in [-0.4, -0.2) is 69.5 Å². The van der Waals surface area contributed by atoms with Gasteiger partial charge in [0.2, 0.25) is 5.95 Å². The average molecular weight is 361 g/mol. The van der Waals surface area contributed by atoms with Crippen LogP contribution in [0, 0.1) is 6.92 Å². The first kappa shape index (κ1) is 20.3. The molecule has 132 valence electrons. The number of hydrogen-bond donors (Lipinski definition) is 4. The SMILES string of the molecule is CSC[C@H](CCO)Nc1ncc(C)c(N[C@@H](CCO)CSC)n1. The van der Waals surface area contributed by atoms with E-state index in [1.807, 2.05) is 19.4 Å². The lowest BCUT2D eigenvalue weighted by molar-refractivity contribution is 0.282. The molecule has 6 nitrogen and oxygen atoms in total. The van der Waals surface area contributed by atoms with Gasteiger partial charge in [-0.2, -0.15) is 28.5 Å². The zero-order chi connectivity index (χ0) is 17.1. The molecular formula is C15H28N4O2S2. The minimum absolute atomic E-state index is 0.140. The van der Waals surface area contributed by atoms with E-state index in [4.69, 9.17) is 5.11 Å². The highest BCUT2D eigenvalue weighted by Gasteiger charge is 2.13. The van der Waals surface area contributed by atoms with Crippen molar-refractivity contribution >= 4 is 35.3 Å². The Morgan fingerprint density at radius 1 is 1.04 bits per heavy atom. The highest BCUT2D eigenvalue weighted by Crippen LogP contribution is 2.17. The Balaban J connectivity index is 2.80. The number of aliphatic hydroxyl groups is 2. The van der Waals surface area contributed by atoms with Gasteiger partial charge in [-0.3, -0.25) is 0 Å². The van der Waals surface area contributed by atoms with Crippen LogP contribution >= 0.6 is 23.5 Å². The van der Waals surface area contributed by atoms with Gasteiger partial charge in [0.25, 0.3) is 0 Å². The topological polar surface area (TPSA) is 90.3 Å². The van der Waals surface area contributed by atoms with Crippen molar-refractivity contribution in [3.63, 3.8) is 0 Å². The van der Waals surface area contributed by atoms with E-state index in [0.717, 1.165) is 22.9 Å². The van der Waals surface area contributed by atoms with Gasteiger partial charge in [-0.1, -0.05) is 0 Å². The molecule has 0 aliphatic rings. The summed E-state index contributed by atoms with van der Waals surface area (Å²) >= 11 is 3.46. The fourth-order valence-corrected chi connectivity index (χ4v) is 3.45. The van der Waals surface area contributed by atoms with Crippen LogP contribution in [0.2, 0.25) is 0 Å². The molecule has 0 amide bonds. The summed E-state index contributed by atoms with van der Waals surface area (Å²) in [4.78, 5) is 8.90. The molecule has 4 N–H and O–H groups in total. The van der Waals surface area contributed by atoms with Crippen LogP contribution in [0.4, 0.5) is 11.8 Å². The van der Waals surface area contributed by atoms with E-state index >= 15 is 0 Å². The highest BCUT2D eigenvalue weighted by molar-refractivity contribution is 7.98. The van der Waals surface area contributed by atoms with Crippen molar-refractivity contribution in [1.29, 1.82) is 0 Å². The first-order valence-corrected chi connectivity index (χ1v) is 10.5. The number of rotatable bonds is 12. The fraction of sp³-hybridized carbons (Fsp3) is 0.733. The molecule has 23 heavy (non-hydrogen) atoms. The largest absolute Gasteiger partial charge is 0.396 e. The molecule has 1 aromatic heterocycles. The maximum Gasteiger partial charge on any atom is 0.224 e. The van der Waals surface area contributed by atoms with Crippen LogP contribution in [0.1, 0.15) is 18.4 Å². The van der Waals surface area contributed by atoms with Crippen molar-refractivity contribution in [2.45, 2.75) is 31.8 Å². The Morgan fingerprint density at radius 2 is 1.61 bits per heavy atom. The van der Waals surface area contributed by atoms with Crippen molar-refractivity contribution in [3.8, 4) is 0 Å². The van der Waals surface area contributed by atoms with Crippen LogP contribution < -0.4 is 10.6 Å². The van der Waals surface area contributed by atoms with E-state index in [2.05, 4.69) is 20.6 Å². The van der Waals surface area contributed by atoms with Crippen LogP contribution in [0.15, 0.2) is 6.20 Å². The maximum absolute atomic E-state index is 9.18. The van der Waals surface area contributed by atoms with Gasteiger partial charge in [0.1, 0.15) is 5.82 Å². The van der Waals surface area contributed by atoms with Gasteiger partial charge in [-0.25, -0.2) is 4.98 Å². The average Bonchev–Trinajstić information content (AvgIpc) is 2.51. The Bertz CT molecular complexity index is 439. The number of anilines is 2. The summed E-state index contributed by atoms with van der Waals surface area (Å²) in [6.45, 7) is 2.26. The van der Waals surface area contributed by atoms with Gasteiger partial charge >= 0.3 is 0 Å². The van der Waals surface area contributed by atoms with Gasteiger partial charge in [0.05, 0.1) is 0 Å². The van der Waals surface area contributed by atoms with Gasteiger partial charge < -0.3 is 20.8 Å². The number of nitrogens with one attached hydrogen (secondary N) is 2. The molecule has 0 aliphatic heterocycles. The zero-order valence-electron chi connectivity index (χ0n) is 14.1. The summed E-state index contributed by atoms with van der Waals surface area (Å²) in [7, 11) is 0. The Labute approximate surface area is 147 Å². The third-order valence-corrected chi connectivity index (χ3v) is 4.81. The van der Waals surface area contributed by atoms with Crippen molar-refractivity contribution in [3.05, 3.63) is 11.8 Å². The molecule has 0 fully saturated rings. The van der Waals surface area contributed by atoms with Crippen LogP contribution in [0.25, 0.3) is 0 Å². The molecule has 1 heterocycles. The van der Waals surface area contributed by atoms with E-state index in [1.54, 1.807) is 29.7 Å². The van der Waals surface area contributed by atoms with E-state index in [0.29, 0.717) is 18.8 Å². The fourth-order valence-electron chi connectivity index (χ4n) is 2.14. The first-order valence-electron chi connectivity index (χ1n) is 7.70. The number of hydrogen-bond acceptors (Lipinski definition) is 8. The van der Waals surface area contributed by atoms with E-state index in [-0.39, 0.29) is 25.3 Å². The number of nitrogens with zero attached hydrogens (tertiary/aromatic N) is 2. The molecule has 0 saturated carbocycles. The highest BCUT2D eigenvalue weighted by atomic mass is 32.2. The summed E-state index contributed by atoms with van der Waals surface area (Å²) in [5.41, 5.74) is 0.975. The first-order chi connectivity index (χ1) is 11.1. The van der Waals surface area contributed by atoms with Gasteiger partial charge in [-0.05, 0) is 32.3 Å². The summed E-state index contributed by atoms with van der Waals surface area (Å²) in [5, 5.41) is 25.0. The Kier molecular flexibility index (Phi) is 10.4. The van der Waals surface area contributed by atoms with Gasteiger partial charge in [0.15, 0.2) is 0 Å². The molecule has 0 radical (unpaired) electrons. The molecular weight excluding hydrogens is 332 g/mol. The normalized spacial score (nSPS) is 13.6. The molecule has 0 saturated heterocycles. The van der Waals surface area contributed by atoms with Crippen molar-refractivity contribution in [2.24, 2.45) is 0 Å². The van der Waals surface area contributed by atoms with E-state index in [9.17, 15) is 5.11 Å². The molecule has 2 atom stereocenters.